The van der Waals surface area contributed by atoms with Crippen molar-refractivity contribution in [1.82, 2.24) is 0 Å². The topological polar surface area (TPSA) is 214 Å². The molecule has 0 amide bonds. The van der Waals surface area contributed by atoms with Crippen LogP contribution in [0.4, 0.5) is 0 Å². The lowest BCUT2D eigenvalue weighted by atomic mass is 9.96. The smallest absolute Gasteiger partial charge is 0.367 e. The standard InChI is InChI=1S/C21H20O12/c22-10-7-13(24)15(14(25)8-10)12(23)5-4-9-2-1-3-11(6-9)32-19-17(27)16(26)18(28)21(31,33-19)20(29)30/h1-8,16-19,22,24-28,31H,(H,29,30). The lowest BCUT2D eigenvalue weighted by Gasteiger charge is -2.42. The van der Waals surface area contributed by atoms with Crippen LogP contribution in [-0.4, -0.2) is 83.0 Å². The van der Waals surface area contributed by atoms with E-state index in [1.165, 1.54) is 30.3 Å². The first-order valence-corrected chi connectivity index (χ1v) is 9.36. The summed E-state index contributed by atoms with van der Waals surface area (Å²) in [6, 6.07) is 7.44. The summed E-state index contributed by atoms with van der Waals surface area (Å²) < 4.78 is 10.1. The molecule has 0 saturated carbocycles. The quantitative estimate of drug-likeness (QED) is 0.197. The second-order valence-electron chi connectivity index (χ2n) is 7.16. The predicted octanol–water partition coefficient (Wildman–Crippen LogP) is -0.710. The molecule has 5 unspecified atom stereocenters. The summed E-state index contributed by atoms with van der Waals surface area (Å²) in [6.07, 6.45) is -5.95. The molecule has 0 aromatic heterocycles. The van der Waals surface area contributed by atoms with Gasteiger partial charge < -0.3 is 45.6 Å². The van der Waals surface area contributed by atoms with E-state index in [-0.39, 0.29) is 5.75 Å². The van der Waals surface area contributed by atoms with Crippen molar-refractivity contribution in [3.05, 3.63) is 53.6 Å². The van der Waals surface area contributed by atoms with Crippen molar-refractivity contribution in [1.29, 1.82) is 0 Å². The van der Waals surface area contributed by atoms with Gasteiger partial charge in [-0.05, 0) is 23.8 Å². The van der Waals surface area contributed by atoms with Crippen LogP contribution in [-0.2, 0) is 9.53 Å². The third-order valence-corrected chi connectivity index (χ3v) is 4.82. The zero-order chi connectivity index (χ0) is 24.5. The summed E-state index contributed by atoms with van der Waals surface area (Å²) >= 11 is 0. The van der Waals surface area contributed by atoms with E-state index >= 15 is 0 Å². The molecular formula is C21H20O12. The molecule has 33 heavy (non-hydrogen) atoms. The van der Waals surface area contributed by atoms with Crippen LogP contribution in [0.1, 0.15) is 15.9 Å². The molecule has 12 heteroatoms. The first-order valence-electron chi connectivity index (χ1n) is 9.36. The lowest BCUT2D eigenvalue weighted by molar-refractivity contribution is -0.365. The highest BCUT2D eigenvalue weighted by atomic mass is 16.8. The van der Waals surface area contributed by atoms with Crippen LogP contribution in [0, 0.1) is 0 Å². The zero-order valence-corrected chi connectivity index (χ0v) is 16.6. The van der Waals surface area contributed by atoms with Crippen molar-refractivity contribution in [2.45, 2.75) is 30.4 Å². The van der Waals surface area contributed by atoms with Gasteiger partial charge in [0.05, 0.1) is 0 Å². The summed E-state index contributed by atoms with van der Waals surface area (Å²) in [4.78, 5) is 23.6. The Kier molecular flexibility index (Phi) is 6.58. The minimum atomic E-state index is -3.23. The third kappa shape index (κ3) is 4.74. The first kappa shape index (κ1) is 24.0. The zero-order valence-electron chi connectivity index (χ0n) is 16.6. The Labute approximate surface area is 185 Å². The van der Waals surface area contributed by atoms with Crippen LogP contribution in [0.25, 0.3) is 6.08 Å². The number of hydrogen-bond donors (Lipinski definition) is 8. The molecule has 0 spiro atoms. The van der Waals surface area contributed by atoms with Gasteiger partial charge in [-0.1, -0.05) is 18.2 Å². The summed E-state index contributed by atoms with van der Waals surface area (Å²) in [5, 5.41) is 77.6. The van der Waals surface area contributed by atoms with E-state index in [4.69, 9.17) is 14.6 Å². The molecule has 1 fully saturated rings. The number of carboxylic acid groups (broad SMARTS) is 1. The second kappa shape index (κ2) is 9.05. The van der Waals surface area contributed by atoms with Gasteiger partial charge in [0.2, 0.25) is 6.29 Å². The minimum Gasteiger partial charge on any atom is -0.508 e. The normalized spacial score (nSPS) is 27.4. The molecule has 0 radical (unpaired) electrons. The molecule has 0 aliphatic carbocycles. The van der Waals surface area contributed by atoms with Crippen LogP contribution in [0.3, 0.4) is 0 Å². The number of rotatable bonds is 6. The van der Waals surface area contributed by atoms with Crippen LogP contribution in [0.15, 0.2) is 42.5 Å². The van der Waals surface area contributed by atoms with Crippen LogP contribution in [0.5, 0.6) is 23.0 Å². The van der Waals surface area contributed by atoms with Crippen molar-refractivity contribution >= 4 is 17.8 Å². The first-order chi connectivity index (χ1) is 15.4. The summed E-state index contributed by atoms with van der Waals surface area (Å²) in [5.74, 6) is -7.75. The number of phenolic OH excluding ortho intramolecular Hbond substituents is 3. The highest BCUT2D eigenvalue weighted by Gasteiger charge is 2.58. The summed E-state index contributed by atoms with van der Waals surface area (Å²) in [7, 11) is 0. The van der Waals surface area contributed by atoms with Gasteiger partial charge in [0.1, 0.15) is 46.9 Å². The Hall–Kier alpha value is -3.68. The van der Waals surface area contributed by atoms with Gasteiger partial charge >= 0.3 is 5.97 Å². The predicted molar refractivity (Wildman–Crippen MR) is 107 cm³/mol. The van der Waals surface area contributed by atoms with E-state index in [1.807, 2.05) is 0 Å². The van der Waals surface area contributed by atoms with Crippen molar-refractivity contribution < 1.29 is 59.9 Å². The molecule has 8 N–H and O–H groups in total. The number of phenols is 3. The van der Waals surface area contributed by atoms with Gasteiger partial charge in [-0.2, -0.15) is 0 Å². The molecule has 176 valence electrons. The minimum absolute atomic E-state index is 0.0275. The molecule has 2 aromatic rings. The van der Waals surface area contributed by atoms with Gasteiger partial charge in [0, 0.05) is 12.1 Å². The average Bonchev–Trinajstić information content (AvgIpc) is 2.74. The number of benzene rings is 2. The lowest BCUT2D eigenvalue weighted by Crippen LogP contribution is -2.68. The Morgan fingerprint density at radius 1 is 1.00 bits per heavy atom. The van der Waals surface area contributed by atoms with Crippen molar-refractivity contribution in [2.75, 3.05) is 0 Å². The molecule has 2 aromatic carbocycles. The van der Waals surface area contributed by atoms with Gasteiger partial charge in [0.15, 0.2) is 5.78 Å². The van der Waals surface area contributed by atoms with Gasteiger partial charge in [-0.15, -0.1) is 0 Å². The molecule has 1 aliphatic heterocycles. The maximum absolute atomic E-state index is 12.3. The molecule has 1 heterocycles. The van der Waals surface area contributed by atoms with E-state index in [9.17, 15) is 45.3 Å². The van der Waals surface area contributed by atoms with Crippen molar-refractivity contribution in [3.63, 3.8) is 0 Å². The van der Waals surface area contributed by atoms with Crippen LogP contribution in [0.2, 0.25) is 0 Å². The number of hydrogen-bond acceptors (Lipinski definition) is 11. The SMILES string of the molecule is O=C(C=Cc1cccc(OC2OC(O)(C(=O)O)C(O)C(O)C2O)c1)c1c(O)cc(O)cc1O. The molecule has 1 saturated heterocycles. The molecule has 5 atom stereocenters. The number of ether oxygens (including phenoxy) is 2. The molecule has 12 nitrogen and oxygen atoms in total. The van der Waals surface area contributed by atoms with Crippen LogP contribution < -0.4 is 4.74 Å². The highest BCUT2D eigenvalue weighted by molar-refractivity contribution is 6.10. The number of aliphatic hydroxyl groups excluding tert-OH is 3. The number of carboxylic acids is 1. The van der Waals surface area contributed by atoms with E-state index in [2.05, 4.69) is 0 Å². The number of aliphatic hydroxyl groups is 4. The number of aliphatic carboxylic acids is 1. The van der Waals surface area contributed by atoms with Crippen molar-refractivity contribution in [3.8, 4) is 23.0 Å². The number of carbonyl (C=O) groups excluding carboxylic acids is 1. The molecule has 0 bridgehead atoms. The number of carbonyl (C=O) groups is 2. The van der Waals surface area contributed by atoms with Gasteiger partial charge in [-0.3, -0.25) is 9.53 Å². The fraction of sp³-hybridized carbons (Fsp3) is 0.238. The number of ketones is 1. The Morgan fingerprint density at radius 2 is 1.64 bits per heavy atom. The Balaban J connectivity index is 1.79. The van der Waals surface area contributed by atoms with Crippen molar-refractivity contribution in [2.24, 2.45) is 0 Å². The summed E-state index contributed by atoms with van der Waals surface area (Å²) in [5.41, 5.74) is -0.0892. The average molecular weight is 464 g/mol. The van der Waals surface area contributed by atoms with E-state index in [0.717, 1.165) is 18.2 Å². The van der Waals surface area contributed by atoms with E-state index in [0.29, 0.717) is 5.56 Å². The van der Waals surface area contributed by atoms with Gasteiger partial charge in [0.25, 0.3) is 5.79 Å². The highest BCUT2D eigenvalue weighted by Crippen LogP contribution is 2.33. The molecule has 3 rings (SSSR count). The van der Waals surface area contributed by atoms with E-state index in [1.54, 1.807) is 0 Å². The largest absolute Gasteiger partial charge is 0.508 e. The van der Waals surface area contributed by atoms with Gasteiger partial charge in [-0.25, -0.2) is 4.79 Å². The molecular weight excluding hydrogens is 444 g/mol. The summed E-state index contributed by atoms with van der Waals surface area (Å²) in [6.45, 7) is 0. The Morgan fingerprint density at radius 3 is 2.24 bits per heavy atom. The van der Waals surface area contributed by atoms with E-state index < -0.39 is 65.0 Å². The maximum Gasteiger partial charge on any atom is 0.367 e. The fourth-order valence-electron chi connectivity index (χ4n) is 3.10. The third-order valence-electron chi connectivity index (χ3n) is 4.82. The number of allylic oxidation sites excluding steroid dienone is 1. The Bertz CT molecular complexity index is 1070. The monoisotopic (exact) mass is 464 g/mol. The fourth-order valence-corrected chi connectivity index (χ4v) is 3.10. The second-order valence-corrected chi connectivity index (χ2v) is 7.16. The van der Waals surface area contributed by atoms with Crippen LogP contribution >= 0.6 is 0 Å². The number of aromatic hydroxyl groups is 3. The maximum atomic E-state index is 12.3. The molecule has 1 aliphatic rings.